The molecule has 1 aliphatic heterocycles. The van der Waals surface area contributed by atoms with Crippen molar-refractivity contribution in [3.63, 3.8) is 0 Å². The molecular formula is C26H32FN5. The molecule has 1 saturated heterocycles. The maximum Gasteiger partial charge on any atom is 0.135 e. The largest absolute Gasteiger partial charge is 0.397 e. The van der Waals surface area contributed by atoms with Gasteiger partial charge in [-0.1, -0.05) is 31.4 Å². The number of nitrogens with two attached hydrogens (primary N) is 2. The first kappa shape index (κ1) is 23.3. The average Bonchev–Trinajstić information content (AvgIpc) is 2.78. The molecule has 5 nitrogen and oxygen atoms in total. The molecule has 0 saturated carbocycles. The van der Waals surface area contributed by atoms with Crippen molar-refractivity contribution in [2.24, 2.45) is 5.73 Å². The van der Waals surface area contributed by atoms with Crippen LogP contribution >= 0.6 is 0 Å². The number of piperidine rings is 1. The highest BCUT2D eigenvalue weighted by Gasteiger charge is 2.20. The van der Waals surface area contributed by atoms with Crippen LogP contribution in [0.15, 0.2) is 73.1 Å². The zero-order chi connectivity index (χ0) is 23.3. The number of hydrogen-bond acceptors (Lipinski definition) is 5. The summed E-state index contributed by atoms with van der Waals surface area (Å²) in [5, 5.41) is 3.32. The second-order valence-corrected chi connectivity index (χ2v) is 8.03. The SMILES string of the molecule is C=C/C(NC(=C)c1nc(-c2cccc(C)c2F)ccc1N)=C(\C=C/C)N1CCC[C@H](N)C1. The van der Waals surface area contributed by atoms with Gasteiger partial charge in [-0.3, -0.25) is 0 Å². The van der Waals surface area contributed by atoms with Gasteiger partial charge >= 0.3 is 0 Å². The first-order chi connectivity index (χ1) is 15.3. The summed E-state index contributed by atoms with van der Waals surface area (Å²) in [6, 6.07) is 8.82. The van der Waals surface area contributed by atoms with Crippen molar-refractivity contribution in [3.05, 3.63) is 90.2 Å². The van der Waals surface area contributed by atoms with Crippen molar-refractivity contribution in [1.29, 1.82) is 0 Å². The molecule has 2 heterocycles. The van der Waals surface area contributed by atoms with Gasteiger partial charge in [0.15, 0.2) is 0 Å². The molecule has 32 heavy (non-hydrogen) atoms. The molecule has 0 bridgehead atoms. The molecule has 1 aliphatic rings. The van der Waals surface area contributed by atoms with E-state index in [9.17, 15) is 4.39 Å². The Bertz CT molecular complexity index is 1070. The lowest BCUT2D eigenvalue weighted by atomic mass is 10.0. The summed E-state index contributed by atoms with van der Waals surface area (Å²) in [7, 11) is 0. The zero-order valence-corrected chi connectivity index (χ0v) is 18.9. The third-order valence-corrected chi connectivity index (χ3v) is 5.57. The number of aryl methyl sites for hydroxylation is 1. The maximum absolute atomic E-state index is 14.7. The van der Waals surface area contributed by atoms with Crippen molar-refractivity contribution < 1.29 is 4.39 Å². The fourth-order valence-corrected chi connectivity index (χ4v) is 3.90. The molecule has 1 aromatic carbocycles. The summed E-state index contributed by atoms with van der Waals surface area (Å²) >= 11 is 0. The Morgan fingerprint density at radius 1 is 1.31 bits per heavy atom. The van der Waals surface area contributed by atoms with Gasteiger partial charge in [0.05, 0.1) is 28.5 Å². The van der Waals surface area contributed by atoms with Gasteiger partial charge in [-0.2, -0.15) is 0 Å². The molecule has 1 atom stereocenters. The van der Waals surface area contributed by atoms with Gasteiger partial charge < -0.3 is 21.7 Å². The van der Waals surface area contributed by atoms with Crippen LogP contribution in [0.25, 0.3) is 17.0 Å². The highest BCUT2D eigenvalue weighted by atomic mass is 19.1. The quantitative estimate of drug-likeness (QED) is 0.550. The van der Waals surface area contributed by atoms with Crippen molar-refractivity contribution in [1.82, 2.24) is 15.2 Å². The first-order valence-electron chi connectivity index (χ1n) is 10.8. The van der Waals surface area contributed by atoms with Gasteiger partial charge in [0.2, 0.25) is 0 Å². The zero-order valence-electron chi connectivity index (χ0n) is 18.9. The molecule has 0 spiro atoms. The smallest absolute Gasteiger partial charge is 0.135 e. The molecule has 0 amide bonds. The van der Waals surface area contributed by atoms with Gasteiger partial charge in [-0.25, -0.2) is 9.37 Å². The van der Waals surface area contributed by atoms with E-state index in [1.54, 1.807) is 37.3 Å². The third kappa shape index (κ3) is 5.08. The van der Waals surface area contributed by atoms with Crippen LogP contribution in [-0.2, 0) is 0 Å². The van der Waals surface area contributed by atoms with Gasteiger partial charge in [-0.05, 0) is 62.6 Å². The lowest BCUT2D eigenvalue weighted by molar-refractivity contribution is 0.264. The number of nitrogens with one attached hydrogen (secondary N) is 1. The number of benzene rings is 1. The Morgan fingerprint density at radius 2 is 2.09 bits per heavy atom. The van der Waals surface area contributed by atoms with E-state index in [4.69, 9.17) is 11.5 Å². The normalized spacial score (nSPS) is 17.2. The van der Waals surface area contributed by atoms with Gasteiger partial charge in [0, 0.05) is 24.7 Å². The van der Waals surface area contributed by atoms with Crippen molar-refractivity contribution in [2.45, 2.75) is 32.7 Å². The predicted molar refractivity (Wildman–Crippen MR) is 132 cm³/mol. The fourth-order valence-electron chi connectivity index (χ4n) is 3.90. The Hall–Kier alpha value is -3.38. The Kier molecular flexibility index (Phi) is 7.49. The van der Waals surface area contributed by atoms with E-state index < -0.39 is 0 Å². The van der Waals surface area contributed by atoms with Gasteiger partial charge in [0.25, 0.3) is 0 Å². The second-order valence-electron chi connectivity index (χ2n) is 8.03. The van der Waals surface area contributed by atoms with Crippen molar-refractivity contribution >= 4 is 11.4 Å². The van der Waals surface area contributed by atoms with Crippen LogP contribution in [0.1, 0.15) is 31.0 Å². The minimum atomic E-state index is -0.294. The highest BCUT2D eigenvalue weighted by Crippen LogP contribution is 2.27. The summed E-state index contributed by atoms with van der Waals surface area (Å²) in [4.78, 5) is 6.88. The molecule has 0 radical (unpaired) electrons. The molecule has 168 valence electrons. The van der Waals surface area contributed by atoms with Crippen LogP contribution in [0.4, 0.5) is 10.1 Å². The standard InChI is InChI=1S/C26H32FN5/c1-5-9-24(32-15-8-11-19(28)16-32)22(6-2)30-18(4)26-21(29)13-14-23(31-26)20-12-7-10-17(3)25(20)27/h5-7,9-10,12-14,19,30H,2,4,8,11,15-16,28-29H2,1,3H3/b9-5-,24-22-/t19-/m0/s1. The van der Waals surface area contributed by atoms with Crippen molar-refractivity contribution in [3.8, 4) is 11.3 Å². The molecule has 6 heteroatoms. The van der Waals surface area contributed by atoms with E-state index in [1.165, 1.54) is 0 Å². The van der Waals surface area contributed by atoms with E-state index in [0.717, 1.165) is 37.3 Å². The third-order valence-electron chi connectivity index (χ3n) is 5.57. The summed E-state index contributed by atoms with van der Waals surface area (Å²) in [5.74, 6) is -0.294. The number of hydrogen-bond donors (Lipinski definition) is 3. The highest BCUT2D eigenvalue weighted by molar-refractivity contribution is 5.74. The number of aromatic nitrogens is 1. The minimum absolute atomic E-state index is 0.136. The monoisotopic (exact) mass is 433 g/mol. The molecule has 1 fully saturated rings. The van der Waals surface area contributed by atoms with E-state index in [0.29, 0.717) is 33.9 Å². The molecule has 2 aromatic rings. The Labute approximate surface area is 190 Å². The minimum Gasteiger partial charge on any atom is -0.397 e. The van der Waals surface area contributed by atoms with Gasteiger partial charge in [-0.15, -0.1) is 0 Å². The summed E-state index contributed by atoms with van der Waals surface area (Å²) in [6.45, 7) is 13.5. The first-order valence-corrected chi connectivity index (χ1v) is 10.8. The number of anilines is 1. The lowest BCUT2D eigenvalue weighted by Crippen LogP contribution is -2.42. The van der Waals surface area contributed by atoms with Crippen LogP contribution in [0.5, 0.6) is 0 Å². The van der Waals surface area contributed by atoms with Gasteiger partial charge in [0.1, 0.15) is 11.5 Å². The van der Waals surface area contributed by atoms with E-state index in [-0.39, 0.29) is 11.9 Å². The number of halogens is 1. The molecule has 1 aromatic heterocycles. The lowest BCUT2D eigenvalue weighted by Gasteiger charge is -2.34. The van der Waals surface area contributed by atoms with Crippen LogP contribution in [0, 0.1) is 12.7 Å². The molecule has 0 aliphatic carbocycles. The summed E-state index contributed by atoms with van der Waals surface area (Å²) in [6.07, 6.45) is 7.82. The van der Waals surface area contributed by atoms with Crippen molar-refractivity contribution in [2.75, 3.05) is 18.8 Å². The van der Waals surface area contributed by atoms with E-state index in [2.05, 4.69) is 28.4 Å². The topological polar surface area (TPSA) is 80.2 Å². The second kappa shape index (κ2) is 10.3. The fraction of sp³-hybridized carbons (Fsp3) is 0.269. The number of likely N-dealkylation sites (tertiary alicyclic amines) is 1. The Balaban J connectivity index is 1.96. The van der Waals surface area contributed by atoms with Crippen LogP contribution < -0.4 is 16.8 Å². The molecule has 5 N–H and O–H groups in total. The van der Waals surface area contributed by atoms with Crippen LogP contribution in [0.3, 0.4) is 0 Å². The predicted octanol–water partition coefficient (Wildman–Crippen LogP) is 4.74. The Morgan fingerprint density at radius 3 is 2.78 bits per heavy atom. The van der Waals surface area contributed by atoms with E-state index in [1.807, 2.05) is 25.1 Å². The number of rotatable bonds is 7. The molecule has 0 unspecified atom stereocenters. The summed E-state index contributed by atoms with van der Waals surface area (Å²) < 4.78 is 14.7. The number of nitrogens with zero attached hydrogens (tertiary/aromatic N) is 2. The van der Waals surface area contributed by atoms with E-state index >= 15 is 0 Å². The average molecular weight is 434 g/mol. The number of nitrogen functional groups attached to an aromatic ring is 1. The van der Waals surface area contributed by atoms with Crippen LogP contribution in [-0.4, -0.2) is 29.0 Å². The molecule has 3 rings (SSSR count). The summed E-state index contributed by atoms with van der Waals surface area (Å²) in [5.41, 5.74) is 17.1. The maximum atomic E-state index is 14.7. The molecular weight excluding hydrogens is 401 g/mol. The number of allylic oxidation sites excluding steroid dienone is 3. The number of pyridine rings is 1. The van der Waals surface area contributed by atoms with Crippen LogP contribution in [0.2, 0.25) is 0 Å².